The second-order valence-electron chi connectivity index (χ2n) is 6.28. The molecule has 112 valence electrons. The van der Waals surface area contributed by atoms with E-state index in [9.17, 15) is 9.59 Å². The standard InChI is InChI=1S/C19H14N2O2/c22-17-13-6-1-2-7-14(13)18(23)19(17)16-12(9-10-20-19)11-5-3-4-8-15(11)21-16/h1-8,12,20H,9-10H2. The number of hydrogen-bond acceptors (Lipinski definition) is 4. The molecular formula is C19H14N2O2. The third kappa shape index (κ3) is 1.42. The van der Waals surface area contributed by atoms with Crippen molar-refractivity contribution in [2.45, 2.75) is 17.9 Å². The van der Waals surface area contributed by atoms with Gasteiger partial charge in [-0.1, -0.05) is 42.5 Å². The van der Waals surface area contributed by atoms with Gasteiger partial charge in [0.1, 0.15) is 0 Å². The van der Waals surface area contributed by atoms with Crippen LogP contribution in [-0.4, -0.2) is 29.4 Å². The first kappa shape index (κ1) is 12.9. The maximum Gasteiger partial charge on any atom is 0.197 e. The van der Waals surface area contributed by atoms with Crippen molar-refractivity contribution in [3.8, 4) is 0 Å². The molecule has 0 radical (unpaired) electrons. The highest BCUT2D eigenvalue weighted by Gasteiger charge is 2.60. The van der Waals surface area contributed by atoms with Crippen LogP contribution in [0.3, 0.4) is 0 Å². The molecule has 1 saturated heterocycles. The van der Waals surface area contributed by atoms with Crippen molar-refractivity contribution in [3.63, 3.8) is 0 Å². The van der Waals surface area contributed by atoms with E-state index < -0.39 is 5.54 Å². The van der Waals surface area contributed by atoms with Crippen molar-refractivity contribution in [1.82, 2.24) is 5.32 Å². The number of carbonyl (C=O) groups excluding carboxylic acids is 2. The van der Waals surface area contributed by atoms with E-state index in [4.69, 9.17) is 4.99 Å². The minimum atomic E-state index is -1.30. The van der Waals surface area contributed by atoms with Gasteiger partial charge < -0.3 is 0 Å². The van der Waals surface area contributed by atoms with Gasteiger partial charge in [-0.15, -0.1) is 0 Å². The maximum absolute atomic E-state index is 13.1. The average Bonchev–Trinajstić information content (AvgIpc) is 3.07. The van der Waals surface area contributed by atoms with E-state index in [1.54, 1.807) is 24.3 Å². The number of hydrogen-bond donors (Lipinski definition) is 1. The Morgan fingerprint density at radius 1 is 0.957 bits per heavy atom. The summed E-state index contributed by atoms with van der Waals surface area (Å²) >= 11 is 0. The van der Waals surface area contributed by atoms with Crippen LogP contribution in [0.5, 0.6) is 0 Å². The molecule has 1 N–H and O–H groups in total. The Labute approximate surface area is 133 Å². The molecule has 1 fully saturated rings. The Morgan fingerprint density at radius 2 is 1.61 bits per heavy atom. The number of carbonyl (C=O) groups is 2. The predicted molar refractivity (Wildman–Crippen MR) is 86.7 cm³/mol. The van der Waals surface area contributed by atoms with Crippen LogP contribution in [0.25, 0.3) is 0 Å². The third-order valence-electron chi connectivity index (χ3n) is 5.19. The molecule has 2 aliphatic heterocycles. The van der Waals surface area contributed by atoms with Crippen LogP contribution in [0.1, 0.15) is 38.6 Å². The molecule has 3 aliphatic rings. The van der Waals surface area contributed by atoms with E-state index >= 15 is 0 Å². The highest BCUT2D eigenvalue weighted by Crippen LogP contribution is 2.46. The number of fused-ring (bicyclic) bond motifs is 5. The van der Waals surface area contributed by atoms with Crippen LogP contribution in [-0.2, 0) is 0 Å². The molecule has 0 saturated carbocycles. The zero-order valence-corrected chi connectivity index (χ0v) is 12.4. The number of Topliss-reactive ketones (excluding diaryl/α,β-unsaturated/α-hetero) is 2. The van der Waals surface area contributed by atoms with Gasteiger partial charge in [-0.25, -0.2) is 0 Å². The Balaban J connectivity index is 1.74. The normalized spacial score (nSPS) is 23.5. The number of rotatable bonds is 0. The number of ketones is 2. The number of nitrogens with one attached hydrogen (secondary N) is 1. The SMILES string of the molecule is O=C1c2ccccc2C(=O)C12NCCC1C2=Nc2ccccc21. The van der Waals surface area contributed by atoms with Crippen LogP contribution in [0.2, 0.25) is 0 Å². The number of aliphatic imine (C=N–C) groups is 1. The van der Waals surface area contributed by atoms with Gasteiger partial charge in [0.25, 0.3) is 0 Å². The highest BCUT2D eigenvalue weighted by atomic mass is 16.2. The molecule has 1 spiro atoms. The van der Waals surface area contributed by atoms with Crippen molar-refractivity contribution in [3.05, 3.63) is 65.2 Å². The van der Waals surface area contributed by atoms with Crippen molar-refractivity contribution < 1.29 is 9.59 Å². The third-order valence-corrected chi connectivity index (χ3v) is 5.19. The van der Waals surface area contributed by atoms with Gasteiger partial charge in [0.15, 0.2) is 17.1 Å². The second-order valence-corrected chi connectivity index (χ2v) is 6.28. The first-order valence-electron chi connectivity index (χ1n) is 7.85. The number of piperidine rings is 1. The predicted octanol–water partition coefficient (Wildman–Crippen LogP) is 2.67. The number of nitrogens with zero attached hydrogens (tertiary/aromatic N) is 1. The second kappa shape index (κ2) is 4.24. The summed E-state index contributed by atoms with van der Waals surface area (Å²) < 4.78 is 0. The van der Waals surface area contributed by atoms with Crippen molar-refractivity contribution in [2.75, 3.05) is 6.54 Å². The lowest BCUT2D eigenvalue weighted by atomic mass is 9.75. The molecule has 4 heteroatoms. The summed E-state index contributed by atoms with van der Waals surface area (Å²) in [5, 5.41) is 3.22. The van der Waals surface area contributed by atoms with Crippen LogP contribution in [0, 0.1) is 0 Å². The zero-order valence-electron chi connectivity index (χ0n) is 12.4. The first-order chi connectivity index (χ1) is 11.2. The fourth-order valence-electron chi connectivity index (χ4n) is 4.15. The van der Waals surface area contributed by atoms with Gasteiger partial charge in [-0.05, 0) is 24.6 Å². The highest BCUT2D eigenvalue weighted by molar-refractivity contribution is 6.45. The molecule has 1 atom stereocenters. The van der Waals surface area contributed by atoms with Crippen LogP contribution < -0.4 is 5.32 Å². The Morgan fingerprint density at radius 3 is 2.35 bits per heavy atom. The van der Waals surface area contributed by atoms with E-state index in [0.717, 1.165) is 17.7 Å². The summed E-state index contributed by atoms with van der Waals surface area (Å²) in [7, 11) is 0. The summed E-state index contributed by atoms with van der Waals surface area (Å²) in [5.74, 6) is -0.265. The molecule has 1 unspecified atom stereocenters. The molecule has 1 aliphatic carbocycles. The molecule has 2 aromatic rings. The Hall–Kier alpha value is -2.59. The maximum atomic E-state index is 13.1. The number of para-hydroxylation sites is 1. The molecule has 2 heterocycles. The van der Waals surface area contributed by atoms with Crippen LogP contribution >= 0.6 is 0 Å². The van der Waals surface area contributed by atoms with Gasteiger partial charge in [0, 0.05) is 17.0 Å². The lowest BCUT2D eigenvalue weighted by Gasteiger charge is -2.36. The average molecular weight is 302 g/mol. The van der Waals surface area contributed by atoms with Gasteiger partial charge in [0.2, 0.25) is 0 Å². The number of benzene rings is 2. The molecule has 0 amide bonds. The molecule has 4 nitrogen and oxygen atoms in total. The zero-order chi connectivity index (χ0) is 15.6. The van der Waals surface area contributed by atoms with E-state index in [1.807, 2.05) is 24.3 Å². The molecule has 0 aromatic heterocycles. The molecule has 0 bridgehead atoms. The van der Waals surface area contributed by atoms with Gasteiger partial charge in [-0.2, -0.15) is 0 Å². The smallest absolute Gasteiger partial charge is 0.197 e. The quantitative estimate of drug-likeness (QED) is 0.761. The van der Waals surface area contributed by atoms with Crippen molar-refractivity contribution in [2.24, 2.45) is 4.99 Å². The van der Waals surface area contributed by atoms with Gasteiger partial charge in [-0.3, -0.25) is 19.9 Å². The fourth-order valence-corrected chi connectivity index (χ4v) is 4.15. The Kier molecular flexibility index (Phi) is 2.38. The summed E-state index contributed by atoms with van der Waals surface area (Å²) in [5.41, 5.74) is 2.39. The van der Waals surface area contributed by atoms with E-state index in [1.165, 1.54) is 0 Å². The van der Waals surface area contributed by atoms with Crippen molar-refractivity contribution in [1.29, 1.82) is 0 Å². The van der Waals surface area contributed by atoms with Gasteiger partial charge in [0.05, 0.1) is 11.4 Å². The van der Waals surface area contributed by atoms with E-state index in [-0.39, 0.29) is 17.5 Å². The van der Waals surface area contributed by atoms with Crippen LogP contribution in [0.4, 0.5) is 5.69 Å². The minimum absolute atomic E-state index is 0.0506. The molecular weight excluding hydrogens is 288 g/mol. The summed E-state index contributed by atoms with van der Waals surface area (Å²) in [6.07, 6.45) is 0.856. The molecule has 2 aromatic carbocycles. The first-order valence-corrected chi connectivity index (χ1v) is 7.85. The lowest BCUT2D eigenvalue weighted by molar-refractivity contribution is 0.0814. The summed E-state index contributed by atoms with van der Waals surface area (Å²) in [6, 6.07) is 15.0. The van der Waals surface area contributed by atoms with Gasteiger partial charge >= 0.3 is 0 Å². The lowest BCUT2D eigenvalue weighted by Crippen LogP contribution is -2.64. The van der Waals surface area contributed by atoms with Crippen molar-refractivity contribution >= 4 is 23.0 Å². The fraction of sp³-hybridized carbons (Fsp3) is 0.211. The molecule has 23 heavy (non-hydrogen) atoms. The summed E-state index contributed by atoms with van der Waals surface area (Å²) in [4.78, 5) is 30.9. The van der Waals surface area contributed by atoms with E-state index in [0.29, 0.717) is 23.4 Å². The molecule has 5 rings (SSSR count). The Bertz CT molecular complexity index is 878. The monoisotopic (exact) mass is 302 g/mol. The van der Waals surface area contributed by atoms with E-state index in [2.05, 4.69) is 5.32 Å². The topological polar surface area (TPSA) is 58.5 Å². The van der Waals surface area contributed by atoms with Crippen LogP contribution in [0.15, 0.2) is 53.5 Å². The largest absolute Gasteiger partial charge is 0.293 e. The summed E-state index contributed by atoms with van der Waals surface area (Å²) in [6.45, 7) is 0.628. The minimum Gasteiger partial charge on any atom is -0.293 e.